The van der Waals surface area contributed by atoms with E-state index >= 15 is 0 Å². The van der Waals surface area contributed by atoms with Crippen LogP contribution in [-0.2, 0) is 9.53 Å². The molecule has 0 bridgehead atoms. The fourth-order valence-electron chi connectivity index (χ4n) is 2.99. The van der Waals surface area contributed by atoms with Crippen LogP contribution >= 0.6 is 11.6 Å². The van der Waals surface area contributed by atoms with E-state index in [-0.39, 0.29) is 24.1 Å². The van der Waals surface area contributed by atoms with Crippen molar-refractivity contribution in [2.75, 3.05) is 13.2 Å². The third-order valence-electron chi connectivity index (χ3n) is 4.03. The predicted molar refractivity (Wildman–Crippen MR) is 94.6 cm³/mol. The first-order chi connectivity index (χ1) is 12.1. The minimum absolute atomic E-state index is 0.0148. The lowest BCUT2D eigenvalue weighted by Gasteiger charge is -2.14. The van der Waals surface area contributed by atoms with Gasteiger partial charge in [-0.25, -0.2) is 9.59 Å². The minimum atomic E-state index is -1.17. The molecule has 2 N–H and O–H groups in total. The second-order valence-electron chi connectivity index (χ2n) is 5.61. The maximum atomic E-state index is 11.8. The number of rotatable bonds is 5. The highest BCUT2D eigenvalue weighted by molar-refractivity contribution is 6.31. The normalized spacial score (nSPS) is 13.1. The van der Waals surface area contributed by atoms with Gasteiger partial charge in [0.05, 0.1) is 6.54 Å². The molecule has 1 amide bonds. The molecule has 2 aromatic rings. The van der Waals surface area contributed by atoms with Crippen molar-refractivity contribution in [1.29, 1.82) is 0 Å². The molecular formula is C19H16ClNO4. The molecule has 0 spiro atoms. The first-order valence-corrected chi connectivity index (χ1v) is 8.12. The number of hydrogen-bond donors (Lipinski definition) is 2. The van der Waals surface area contributed by atoms with Gasteiger partial charge in [-0.2, -0.15) is 0 Å². The maximum absolute atomic E-state index is 11.8. The van der Waals surface area contributed by atoms with Crippen LogP contribution in [0.1, 0.15) is 17.0 Å². The largest absolute Gasteiger partial charge is 0.478 e. The van der Waals surface area contributed by atoms with Crippen molar-refractivity contribution in [3.8, 4) is 11.1 Å². The summed E-state index contributed by atoms with van der Waals surface area (Å²) in [6.45, 7) is 0.102. The first kappa shape index (κ1) is 17.0. The lowest BCUT2D eigenvalue weighted by atomic mass is 9.98. The molecule has 2 aromatic carbocycles. The highest BCUT2D eigenvalue weighted by Gasteiger charge is 2.28. The van der Waals surface area contributed by atoms with Gasteiger partial charge in [0.25, 0.3) is 0 Å². The van der Waals surface area contributed by atoms with E-state index in [0.29, 0.717) is 0 Å². The number of fused-ring (bicyclic) bond motifs is 3. The van der Waals surface area contributed by atoms with Crippen LogP contribution in [0.3, 0.4) is 0 Å². The summed E-state index contributed by atoms with van der Waals surface area (Å²) in [7, 11) is 0. The summed E-state index contributed by atoms with van der Waals surface area (Å²) in [4.78, 5) is 22.3. The molecule has 0 aliphatic heterocycles. The molecule has 128 valence electrons. The second kappa shape index (κ2) is 7.40. The smallest absolute Gasteiger partial charge is 0.407 e. The highest BCUT2D eigenvalue weighted by Crippen LogP contribution is 2.44. The highest BCUT2D eigenvalue weighted by atomic mass is 35.5. The van der Waals surface area contributed by atoms with E-state index in [1.807, 2.05) is 36.4 Å². The van der Waals surface area contributed by atoms with Crippen molar-refractivity contribution < 1.29 is 19.4 Å². The molecule has 25 heavy (non-hydrogen) atoms. The number of carbonyl (C=O) groups excluding carboxylic acids is 1. The van der Waals surface area contributed by atoms with Crippen LogP contribution in [0.25, 0.3) is 11.1 Å². The molecule has 0 saturated heterocycles. The van der Waals surface area contributed by atoms with Gasteiger partial charge in [-0.05, 0) is 22.3 Å². The van der Waals surface area contributed by atoms with Gasteiger partial charge in [-0.3, -0.25) is 0 Å². The van der Waals surface area contributed by atoms with Gasteiger partial charge in [0.2, 0.25) is 0 Å². The second-order valence-corrected chi connectivity index (χ2v) is 6.09. The molecule has 0 saturated carbocycles. The Hall–Kier alpha value is -2.79. The summed E-state index contributed by atoms with van der Waals surface area (Å²) >= 11 is 5.69. The Bertz CT molecular complexity index is 801. The van der Waals surface area contributed by atoms with Crippen molar-refractivity contribution in [2.45, 2.75) is 5.92 Å². The molecular weight excluding hydrogens is 342 g/mol. The SMILES string of the molecule is O=C(O)/C=C(\Cl)CNC(=O)OCC1c2ccccc2-c2ccccc21. The number of hydrogen-bond acceptors (Lipinski definition) is 3. The molecule has 1 aliphatic carbocycles. The molecule has 0 aromatic heterocycles. The molecule has 6 heteroatoms. The quantitative estimate of drug-likeness (QED) is 0.799. The Morgan fingerprint density at radius 2 is 1.64 bits per heavy atom. The Balaban J connectivity index is 1.66. The van der Waals surface area contributed by atoms with E-state index in [4.69, 9.17) is 21.4 Å². The predicted octanol–water partition coefficient (Wildman–Crippen LogP) is 3.73. The lowest BCUT2D eigenvalue weighted by Crippen LogP contribution is -2.27. The van der Waals surface area contributed by atoms with Gasteiger partial charge in [0.15, 0.2) is 0 Å². The number of nitrogens with one attached hydrogen (secondary N) is 1. The van der Waals surface area contributed by atoms with Crippen LogP contribution in [0.4, 0.5) is 4.79 Å². The Morgan fingerprint density at radius 1 is 1.08 bits per heavy atom. The molecule has 0 heterocycles. The van der Waals surface area contributed by atoms with E-state index < -0.39 is 12.1 Å². The summed E-state index contributed by atoms with van der Waals surface area (Å²) in [5.41, 5.74) is 4.56. The van der Waals surface area contributed by atoms with Crippen molar-refractivity contribution in [1.82, 2.24) is 5.32 Å². The maximum Gasteiger partial charge on any atom is 0.407 e. The van der Waals surface area contributed by atoms with E-state index in [9.17, 15) is 9.59 Å². The van der Waals surface area contributed by atoms with Gasteiger partial charge in [-0.15, -0.1) is 0 Å². The number of benzene rings is 2. The van der Waals surface area contributed by atoms with Gasteiger partial charge < -0.3 is 15.2 Å². The van der Waals surface area contributed by atoms with Crippen LogP contribution < -0.4 is 5.32 Å². The molecule has 0 fully saturated rings. The number of amides is 1. The van der Waals surface area contributed by atoms with Gasteiger partial charge >= 0.3 is 12.1 Å². The summed E-state index contributed by atoms with van der Waals surface area (Å²) < 4.78 is 5.31. The van der Waals surface area contributed by atoms with Crippen molar-refractivity contribution in [2.24, 2.45) is 0 Å². The van der Waals surface area contributed by atoms with E-state index in [2.05, 4.69) is 17.4 Å². The standard InChI is InChI=1S/C19H16ClNO4/c20-12(9-18(22)23)10-21-19(24)25-11-17-15-7-3-1-5-13(15)14-6-2-4-8-16(14)17/h1-9,17H,10-11H2,(H,21,24)(H,22,23)/b12-9-. The van der Waals surface area contributed by atoms with Gasteiger partial charge in [0.1, 0.15) is 6.61 Å². The number of halogens is 1. The van der Waals surface area contributed by atoms with Crippen molar-refractivity contribution in [3.05, 3.63) is 70.8 Å². The van der Waals surface area contributed by atoms with Crippen molar-refractivity contribution >= 4 is 23.7 Å². The summed E-state index contributed by atoms with van der Waals surface area (Å²) in [6.07, 6.45) is 0.185. The third-order valence-corrected chi connectivity index (χ3v) is 4.27. The first-order valence-electron chi connectivity index (χ1n) is 7.74. The summed E-state index contributed by atoms with van der Waals surface area (Å²) in [5.74, 6) is -1.19. The molecule has 0 radical (unpaired) electrons. The lowest BCUT2D eigenvalue weighted by molar-refractivity contribution is -0.131. The average Bonchev–Trinajstić information content (AvgIpc) is 2.92. The van der Waals surface area contributed by atoms with Crippen LogP contribution in [0.15, 0.2) is 59.6 Å². The van der Waals surface area contributed by atoms with Crippen LogP contribution in [0.5, 0.6) is 0 Å². The number of ether oxygens (including phenoxy) is 1. The number of carboxylic acids is 1. The number of carbonyl (C=O) groups is 2. The zero-order chi connectivity index (χ0) is 17.8. The molecule has 5 nitrogen and oxygen atoms in total. The Labute approximate surface area is 149 Å². The Morgan fingerprint density at radius 3 is 2.20 bits per heavy atom. The van der Waals surface area contributed by atoms with Gasteiger partial charge in [-0.1, -0.05) is 60.1 Å². The number of aliphatic carboxylic acids is 1. The zero-order valence-electron chi connectivity index (χ0n) is 13.2. The summed E-state index contributed by atoms with van der Waals surface area (Å²) in [5, 5.41) is 11.0. The molecule has 0 unspecified atom stereocenters. The topological polar surface area (TPSA) is 75.6 Å². The van der Waals surface area contributed by atoms with Crippen molar-refractivity contribution in [3.63, 3.8) is 0 Å². The zero-order valence-corrected chi connectivity index (χ0v) is 14.0. The number of carboxylic acid groups (broad SMARTS) is 1. The monoisotopic (exact) mass is 357 g/mol. The van der Waals surface area contributed by atoms with Crippen LogP contribution in [0.2, 0.25) is 0 Å². The average molecular weight is 358 g/mol. The van der Waals surface area contributed by atoms with E-state index in [0.717, 1.165) is 28.3 Å². The minimum Gasteiger partial charge on any atom is -0.478 e. The fraction of sp³-hybridized carbons (Fsp3) is 0.158. The fourth-order valence-corrected chi connectivity index (χ4v) is 3.15. The summed E-state index contributed by atoms with van der Waals surface area (Å²) in [6, 6.07) is 16.1. The Kier molecular flexibility index (Phi) is 5.05. The molecule has 1 aliphatic rings. The third kappa shape index (κ3) is 3.83. The van der Waals surface area contributed by atoms with E-state index in [1.54, 1.807) is 0 Å². The van der Waals surface area contributed by atoms with Gasteiger partial charge in [0, 0.05) is 17.0 Å². The van der Waals surface area contributed by atoms with Crippen LogP contribution in [-0.4, -0.2) is 30.3 Å². The molecule has 3 rings (SSSR count). The number of alkyl carbamates (subject to hydrolysis) is 1. The van der Waals surface area contributed by atoms with Crippen LogP contribution in [0, 0.1) is 0 Å². The van der Waals surface area contributed by atoms with E-state index in [1.165, 1.54) is 0 Å². The molecule has 0 atom stereocenters.